The first-order valence-corrected chi connectivity index (χ1v) is 11.1. The highest BCUT2D eigenvalue weighted by atomic mass is 32.1. The molecule has 4 unspecified atom stereocenters. The Kier molecular flexibility index (Phi) is 3.85. The van der Waals surface area contributed by atoms with Gasteiger partial charge >= 0.3 is 0 Å². The van der Waals surface area contributed by atoms with Crippen molar-refractivity contribution in [2.24, 2.45) is 16.7 Å². The van der Waals surface area contributed by atoms with Crippen LogP contribution in [0.5, 0.6) is 0 Å². The number of nitrogens with zero attached hydrogens (tertiary/aromatic N) is 2. The molecule has 0 aliphatic heterocycles. The van der Waals surface area contributed by atoms with E-state index in [-0.39, 0.29) is 23.4 Å². The van der Waals surface area contributed by atoms with Crippen LogP contribution in [0.25, 0.3) is 10.2 Å². The first kappa shape index (κ1) is 18.3. The van der Waals surface area contributed by atoms with E-state index in [4.69, 9.17) is 0 Å². The number of nitrogens with one attached hydrogen (secondary N) is 1. The van der Waals surface area contributed by atoms with Gasteiger partial charge in [0.1, 0.15) is 10.5 Å². The van der Waals surface area contributed by atoms with Crippen molar-refractivity contribution in [3.05, 3.63) is 27.6 Å². The van der Waals surface area contributed by atoms with Crippen molar-refractivity contribution in [1.82, 2.24) is 14.9 Å². The molecule has 2 heterocycles. The average molecular weight is 402 g/mol. The summed E-state index contributed by atoms with van der Waals surface area (Å²) < 4.78 is 0.617. The Morgan fingerprint density at radius 2 is 2.18 bits per heavy atom. The van der Waals surface area contributed by atoms with Crippen molar-refractivity contribution in [3.63, 3.8) is 0 Å². The fourth-order valence-electron chi connectivity index (χ4n) is 6.92. The SMILES string of the molecule is CCC12CC3CC(O)(C1)CC(C(=O)N(C)Cc1nc4ccsc4c(=O)[nH]1)(C3)C2. The van der Waals surface area contributed by atoms with Crippen LogP contribution in [-0.2, 0) is 11.3 Å². The molecule has 1 amide bonds. The minimum Gasteiger partial charge on any atom is -0.390 e. The van der Waals surface area contributed by atoms with Crippen molar-refractivity contribution < 1.29 is 9.90 Å². The lowest BCUT2D eigenvalue weighted by Crippen LogP contribution is -2.63. The van der Waals surface area contributed by atoms with E-state index in [0.717, 1.165) is 38.5 Å². The Balaban J connectivity index is 1.43. The molecule has 0 spiro atoms. The number of hydrogen-bond acceptors (Lipinski definition) is 5. The van der Waals surface area contributed by atoms with Gasteiger partial charge in [0, 0.05) is 7.05 Å². The van der Waals surface area contributed by atoms with Crippen LogP contribution >= 0.6 is 11.3 Å². The Labute approximate surface area is 168 Å². The fourth-order valence-corrected chi connectivity index (χ4v) is 7.64. The van der Waals surface area contributed by atoms with Crippen molar-refractivity contribution in [2.75, 3.05) is 7.05 Å². The molecule has 0 saturated heterocycles. The van der Waals surface area contributed by atoms with Crippen LogP contribution in [0.1, 0.15) is 57.7 Å². The molecule has 4 fully saturated rings. The third-order valence-corrected chi connectivity index (χ3v) is 8.36. The predicted octanol–water partition coefficient (Wildman–Crippen LogP) is 3.05. The number of rotatable bonds is 4. The molecule has 4 bridgehead atoms. The Morgan fingerprint density at radius 3 is 2.93 bits per heavy atom. The third-order valence-electron chi connectivity index (χ3n) is 7.46. The molecule has 2 aromatic rings. The molecule has 2 aromatic heterocycles. The summed E-state index contributed by atoms with van der Waals surface area (Å²) in [7, 11) is 1.79. The minimum absolute atomic E-state index is 0.0981. The zero-order chi connectivity index (χ0) is 19.7. The van der Waals surface area contributed by atoms with Gasteiger partial charge in [0.15, 0.2) is 0 Å². The molecule has 4 aliphatic rings. The summed E-state index contributed by atoms with van der Waals surface area (Å²) in [6.45, 7) is 2.48. The number of thiophene rings is 1. The van der Waals surface area contributed by atoms with E-state index < -0.39 is 11.0 Å². The lowest BCUT2D eigenvalue weighted by Gasteiger charge is -2.64. The summed E-state index contributed by atoms with van der Waals surface area (Å²) in [6, 6.07) is 1.83. The van der Waals surface area contributed by atoms with Gasteiger partial charge in [0.2, 0.25) is 5.91 Å². The number of H-pyrrole nitrogens is 1. The number of hydrogen-bond donors (Lipinski definition) is 2. The summed E-state index contributed by atoms with van der Waals surface area (Å²) in [4.78, 5) is 34.9. The predicted molar refractivity (Wildman–Crippen MR) is 108 cm³/mol. The van der Waals surface area contributed by atoms with Gasteiger partial charge < -0.3 is 15.0 Å². The highest BCUT2D eigenvalue weighted by Gasteiger charge is 2.65. The third kappa shape index (κ3) is 2.66. The number of aromatic amines is 1. The van der Waals surface area contributed by atoms with E-state index in [9.17, 15) is 14.7 Å². The number of fused-ring (bicyclic) bond motifs is 1. The van der Waals surface area contributed by atoms with E-state index in [2.05, 4.69) is 16.9 Å². The van der Waals surface area contributed by atoms with Crippen LogP contribution in [0.3, 0.4) is 0 Å². The number of aliphatic hydroxyl groups is 1. The number of carbonyl (C=O) groups is 1. The van der Waals surface area contributed by atoms with Gasteiger partial charge in [-0.05, 0) is 61.3 Å². The van der Waals surface area contributed by atoms with Crippen LogP contribution in [-0.4, -0.2) is 38.5 Å². The van der Waals surface area contributed by atoms with E-state index >= 15 is 0 Å². The van der Waals surface area contributed by atoms with E-state index in [1.807, 2.05) is 11.4 Å². The zero-order valence-corrected chi connectivity index (χ0v) is 17.3. The summed E-state index contributed by atoms with van der Waals surface area (Å²) in [5.74, 6) is 1.06. The molecular formula is C21H27N3O3S. The Morgan fingerprint density at radius 1 is 1.36 bits per heavy atom. The fraction of sp³-hybridized carbons (Fsp3) is 0.667. The maximum Gasteiger partial charge on any atom is 0.268 e. The van der Waals surface area contributed by atoms with Gasteiger partial charge in [0.05, 0.1) is 23.1 Å². The molecule has 28 heavy (non-hydrogen) atoms. The van der Waals surface area contributed by atoms with Crippen LogP contribution in [0.4, 0.5) is 0 Å². The van der Waals surface area contributed by atoms with Crippen LogP contribution in [0.15, 0.2) is 16.2 Å². The van der Waals surface area contributed by atoms with Crippen molar-refractivity contribution in [1.29, 1.82) is 0 Å². The average Bonchev–Trinajstić information content (AvgIpc) is 3.08. The largest absolute Gasteiger partial charge is 0.390 e. The molecule has 0 radical (unpaired) electrons. The van der Waals surface area contributed by atoms with Crippen LogP contribution in [0.2, 0.25) is 0 Å². The zero-order valence-electron chi connectivity index (χ0n) is 16.5. The first-order chi connectivity index (χ1) is 13.3. The normalized spacial score (nSPS) is 36.2. The second-order valence-electron chi connectivity index (χ2n) is 9.68. The lowest BCUT2D eigenvalue weighted by molar-refractivity contribution is -0.209. The van der Waals surface area contributed by atoms with Gasteiger partial charge in [-0.25, -0.2) is 4.98 Å². The quantitative estimate of drug-likeness (QED) is 0.824. The van der Waals surface area contributed by atoms with Gasteiger partial charge in [-0.15, -0.1) is 11.3 Å². The van der Waals surface area contributed by atoms with Crippen LogP contribution < -0.4 is 5.56 Å². The van der Waals surface area contributed by atoms with Crippen molar-refractivity contribution >= 4 is 27.5 Å². The summed E-state index contributed by atoms with van der Waals surface area (Å²) in [5.41, 5.74) is -0.518. The maximum atomic E-state index is 13.6. The molecule has 6 rings (SSSR count). The molecule has 2 N–H and O–H groups in total. The molecule has 7 heteroatoms. The standard InChI is InChI=1S/C21H27N3O3S/c1-3-19-6-13-7-20(10-19,12-21(27,8-13)11-19)18(26)24(2)9-15-22-14-4-5-28-16(14)17(25)23-15/h4-5,13,27H,3,6-12H2,1-2H3,(H,22,23,25). The number of carbonyl (C=O) groups excluding carboxylic acids is 1. The number of amides is 1. The molecule has 150 valence electrons. The molecular weight excluding hydrogens is 374 g/mol. The molecule has 6 nitrogen and oxygen atoms in total. The van der Waals surface area contributed by atoms with E-state index in [1.54, 1.807) is 11.9 Å². The molecule has 4 aliphatic carbocycles. The molecule has 4 atom stereocenters. The summed E-state index contributed by atoms with van der Waals surface area (Å²) >= 11 is 1.37. The summed E-state index contributed by atoms with van der Waals surface area (Å²) in [6.07, 6.45) is 6.20. The summed E-state index contributed by atoms with van der Waals surface area (Å²) in [5, 5.41) is 13.0. The second kappa shape index (κ2) is 5.89. The van der Waals surface area contributed by atoms with E-state index in [1.165, 1.54) is 11.3 Å². The topological polar surface area (TPSA) is 86.3 Å². The second-order valence-corrected chi connectivity index (χ2v) is 10.6. The molecule has 4 saturated carbocycles. The smallest absolute Gasteiger partial charge is 0.268 e. The van der Waals surface area contributed by atoms with Crippen molar-refractivity contribution in [2.45, 2.75) is 64.0 Å². The Hall–Kier alpha value is -1.73. The molecule has 0 aromatic carbocycles. The highest BCUT2D eigenvalue weighted by Crippen LogP contribution is 2.67. The maximum absolute atomic E-state index is 13.6. The van der Waals surface area contributed by atoms with Crippen LogP contribution in [0, 0.1) is 16.7 Å². The van der Waals surface area contributed by atoms with Crippen molar-refractivity contribution in [3.8, 4) is 0 Å². The first-order valence-electron chi connectivity index (χ1n) is 10.2. The lowest BCUT2D eigenvalue weighted by atomic mass is 9.42. The van der Waals surface area contributed by atoms with E-state index in [0.29, 0.717) is 28.4 Å². The van der Waals surface area contributed by atoms with Gasteiger partial charge in [-0.1, -0.05) is 13.3 Å². The van der Waals surface area contributed by atoms with Gasteiger partial charge in [0.25, 0.3) is 5.56 Å². The Bertz CT molecular complexity index is 1020. The van der Waals surface area contributed by atoms with Gasteiger partial charge in [-0.3, -0.25) is 9.59 Å². The minimum atomic E-state index is -0.686. The highest BCUT2D eigenvalue weighted by molar-refractivity contribution is 7.17. The monoisotopic (exact) mass is 401 g/mol. The number of aromatic nitrogens is 2. The van der Waals surface area contributed by atoms with Gasteiger partial charge in [-0.2, -0.15) is 0 Å².